The van der Waals surface area contributed by atoms with Crippen molar-refractivity contribution in [2.45, 2.75) is 44.9 Å². The number of aryl methyl sites for hydroxylation is 1. The molecule has 1 aliphatic carbocycles. The zero-order valence-electron chi connectivity index (χ0n) is 15.8. The van der Waals surface area contributed by atoms with Gasteiger partial charge in [0.15, 0.2) is 0 Å². The number of aromatic nitrogens is 1. The predicted octanol–water partition coefficient (Wildman–Crippen LogP) is 2.29. The van der Waals surface area contributed by atoms with Crippen LogP contribution in [0.3, 0.4) is 0 Å². The van der Waals surface area contributed by atoms with Gasteiger partial charge in [-0.25, -0.2) is 0 Å². The molecule has 3 aliphatic rings. The number of hydrogen-bond donors (Lipinski definition) is 1. The highest BCUT2D eigenvalue weighted by molar-refractivity contribution is 5.87. The van der Waals surface area contributed by atoms with E-state index in [2.05, 4.69) is 23.2 Å². The van der Waals surface area contributed by atoms with E-state index in [4.69, 9.17) is 0 Å². The maximum Gasteiger partial charge on any atom is 0.250 e. The van der Waals surface area contributed by atoms with Crippen molar-refractivity contribution >= 4 is 18.3 Å². The van der Waals surface area contributed by atoms with Gasteiger partial charge in [0.05, 0.1) is 5.41 Å². The second-order valence-electron chi connectivity index (χ2n) is 8.51. The molecule has 1 amide bonds. The minimum absolute atomic E-state index is 0. The smallest absolute Gasteiger partial charge is 0.250 e. The first-order valence-electron chi connectivity index (χ1n) is 9.62. The zero-order chi connectivity index (χ0) is 17.7. The Bertz CT molecular complexity index is 733. The predicted molar refractivity (Wildman–Crippen MR) is 105 cm³/mol. The molecule has 0 bridgehead atoms. The van der Waals surface area contributed by atoms with Gasteiger partial charge in [-0.2, -0.15) is 0 Å². The van der Waals surface area contributed by atoms with Gasteiger partial charge in [-0.3, -0.25) is 9.59 Å². The van der Waals surface area contributed by atoms with Gasteiger partial charge < -0.3 is 14.8 Å². The topological polar surface area (TPSA) is 54.3 Å². The van der Waals surface area contributed by atoms with Crippen molar-refractivity contribution in [1.82, 2.24) is 14.8 Å². The molecule has 5 nitrogen and oxygen atoms in total. The number of halogens is 1. The number of carbonyl (C=O) groups excluding carboxylic acids is 1. The molecule has 1 atom stereocenters. The van der Waals surface area contributed by atoms with Gasteiger partial charge in [-0.15, -0.1) is 12.4 Å². The maximum atomic E-state index is 13.1. The highest BCUT2D eigenvalue weighted by Gasteiger charge is 2.68. The number of piperidine rings is 2. The molecule has 1 N–H and O–H groups in total. The third-order valence-electron chi connectivity index (χ3n) is 7.15. The first-order valence-corrected chi connectivity index (χ1v) is 9.62. The number of amides is 1. The minimum Gasteiger partial charge on any atom is -0.342 e. The molecule has 1 aromatic heterocycles. The van der Waals surface area contributed by atoms with Gasteiger partial charge in [-0.05, 0) is 68.2 Å². The van der Waals surface area contributed by atoms with Gasteiger partial charge >= 0.3 is 0 Å². The van der Waals surface area contributed by atoms with Crippen molar-refractivity contribution in [2.75, 3.05) is 26.2 Å². The van der Waals surface area contributed by atoms with E-state index in [0.29, 0.717) is 11.8 Å². The van der Waals surface area contributed by atoms with E-state index in [1.807, 2.05) is 6.20 Å². The van der Waals surface area contributed by atoms with Crippen LogP contribution in [0.15, 0.2) is 23.1 Å². The van der Waals surface area contributed by atoms with Gasteiger partial charge in [0.25, 0.3) is 5.56 Å². The number of carbonyl (C=O) groups is 1. The summed E-state index contributed by atoms with van der Waals surface area (Å²) >= 11 is 0. The molecule has 6 heteroatoms. The lowest BCUT2D eigenvalue weighted by atomic mass is 9.84. The summed E-state index contributed by atoms with van der Waals surface area (Å²) in [5.74, 6) is 0.773. The zero-order valence-corrected chi connectivity index (χ0v) is 16.6. The van der Waals surface area contributed by atoms with E-state index < -0.39 is 0 Å². The fourth-order valence-electron chi connectivity index (χ4n) is 5.15. The van der Waals surface area contributed by atoms with Crippen LogP contribution in [0.25, 0.3) is 0 Å². The van der Waals surface area contributed by atoms with E-state index in [-0.39, 0.29) is 28.8 Å². The van der Waals surface area contributed by atoms with Gasteiger partial charge in [-0.1, -0.05) is 6.92 Å². The van der Waals surface area contributed by atoms with Crippen LogP contribution in [0.4, 0.5) is 0 Å². The monoisotopic (exact) mass is 379 g/mol. The Morgan fingerprint density at radius 3 is 2.50 bits per heavy atom. The van der Waals surface area contributed by atoms with Crippen LogP contribution in [0.5, 0.6) is 0 Å². The molecule has 3 fully saturated rings. The lowest BCUT2D eigenvalue weighted by Crippen LogP contribution is -2.44. The first kappa shape index (κ1) is 19.4. The molecule has 1 aromatic rings. The van der Waals surface area contributed by atoms with E-state index in [1.165, 1.54) is 0 Å². The van der Waals surface area contributed by atoms with Crippen LogP contribution in [-0.4, -0.2) is 41.6 Å². The molecule has 26 heavy (non-hydrogen) atoms. The Morgan fingerprint density at radius 1 is 1.23 bits per heavy atom. The fourth-order valence-corrected chi connectivity index (χ4v) is 5.15. The molecule has 0 aromatic carbocycles. The summed E-state index contributed by atoms with van der Waals surface area (Å²) in [6.45, 7) is 5.93. The molecule has 3 heterocycles. The number of likely N-dealkylation sites (tertiary alicyclic amines) is 1. The lowest BCUT2D eigenvalue weighted by molar-refractivity contribution is -0.139. The number of nitrogens with one attached hydrogen (secondary N) is 1. The van der Waals surface area contributed by atoms with E-state index >= 15 is 0 Å². The summed E-state index contributed by atoms with van der Waals surface area (Å²) in [7, 11) is 1.78. The number of pyridine rings is 1. The standard InChI is InChI=1S/C20H29N3O2.ClH/c1-19(14-20(19)6-8-21-9-7-20)18(25)23-11-4-15(5-12-23)16-3-10-22(2)17(24)13-16;/h3,10,13,15,21H,4-9,11-12,14H2,1-2H3;1H. The van der Waals surface area contributed by atoms with Crippen molar-refractivity contribution in [3.8, 4) is 0 Å². The van der Waals surface area contributed by atoms with Crippen LogP contribution in [0.1, 0.15) is 50.5 Å². The van der Waals surface area contributed by atoms with Crippen LogP contribution >= 0.6 is 12.4 Å². The van der Waals surface area contributed by atoms with Crippen molar-refractivity contribution in [3.05, 3.63) is 34.2 Å². The molecule has 144 valence electrons. The third-order valence-corrected chi connectivity index (χ3v) is 7.15. The average Bonchev–Trinajstić information content (AvgIpc) is 3.21. The summed E-state index contributed by atoms with van der Waals surface area (Å²) < 4.78 is 1.61. The highest BCUT2D eigenvalue weighted by atomic mass is 35.5. The van der Waals surface area contributed by atoms with Crippen molar-refractivity contribution in [3.63, 3.8) is 0 Å². The van der Waals surface area contributed by atoms with Crippen LogP contribution in [0, 0.1) is 10.8 Å². The summed E-state index contributed by atoms with van der Waals surface area (Å²) in [4.78, 5) is 27.1. The Hall–Kier alpha value is -1.33. The SMILES string of the molecule is Cl.Cn1ccc(C2CCN(C(=O)C3(C)CC34CCNCC4)CC2)cc1=O. The molecule has 1 unspecified atom stereocenters. The molecule has 2 saturated heterocycles. The molecule has 1 saturated carbocycles. The second-order valence-corrected chi connectivity index (χ2v) is 8.51. The van der Waals surface area contributed by atoms with Crippen LogP contribution < -0.4 is 10.9 Å². The van der Waals surface area contributed by atoms with Crippen molar-refractivity contribution in [1.29, 1.82) is 0 Å². The molecular formula is C20H30ClN3O2. The largest absolute Gasteiger partial charge is 0.342 e. The number of nitrogens with zero attached hydrogens (tertiary/aromatic N) is 2. The van der Waals surface area contributed by atoms with Gasteiger partial charge in [0.2, 0.25) is 5.91 Å². The Morgan fingerprint density at radius 2 is 1.88 bits per heavy atom. The van der Waals surface area contributed by atoms with E-state index in [0.717, 1.165) is 63.8 Å². The third kappa shape index (κ3) is 3.09. The van der Waals surface area contributed by atoms with Crippen LogP contribution in [0.2, 0.25) is 0 Å². The van der Waals surface area contributed by atoms with Gasteiger partial charge in [0, 0.05) is 32.4 Å². The normalized spacial score (nSPS) is 27.8. The highest BCUT2D eigenvalue weighted by Crippen LogP contribution is 2.69. The number of hydrogen-bond acceptors (Lipinski definition) is 3. The summed E-state index contributed by atoms with van der Waals surface area (Å²) in [5.41, 5.74) is 1.31. The molecular weight excluding hydrogens is 350 g/mol. The molecule has 0 radical (unpaired) electrons. The lowest BCUT2D eigenvalue weighted by Gasteiger charge is -2.36. The Labute approximate surface area is 161 Å². The van der Waals surface area contributed by atoms with Crippen molar-refractivity contribution < 1.29 is 4.79 Å². The van der Waals surface area contributed by atoms with E-state index in [1.54, 1.807) is 17.7 Å². The Kier molecular flexibility index (Phi) is 5.24. The quantitative estimate of drug-likeness (QED) is 0.857. The first-order chi connectivity index (χ1) is 12.0. The summed E-state index contributed by atoms with van der Waals surface area (Å²) in [6, 6.07) is 3.81. The maximum absolute atomic E-state index is 13.1. The summed E-state index contributed by atoms with van der Waals surface area (Å²) in [6.07, 6.45) is 7.11. The minimum atomic E-state index is -0.134. The molecule has 2 aliphatic heterocycles. The summed E-state index contributed by atoms with van der Waals surface area (Å²) in [5, 5.41) is 3.42. The van der Waals surface area contributed by atoms with E-state index in [9.17, 15) is 9.59 Å². The average molecular weight is 380 g/mol. The van der Waals surface area contributed by atoms with Crippen LogP contribution in [-0.2, 0) is 11.8 Å². The molecule has 1 spiro atoms. The van der Waals surface area contributed by atoms with Gasteiger partial charge in [0.1, 0.15) is 0 Å². The fraction of sp³-hybridized carbons (Fsp3) is 0.700. The Balaban J connectivity index is 0.00000196. The second kappa shape index (κ2) is 7.01. The van der Waals surface area contributed by atoms with Crippen molar-refractivity contribution in [2.24, 2.45) is 17.9 Å². The molecule has 4 rings (SSSR count). The number of rotatable bonds is 2.